The molecule has 0 aromatic rings. The van der Waals surface area contributed by atoms with Gasteiger partial charge in [0.1, 0.15) is 0 Å². The van der Waals surface area contributed by atoms with Crippen molar-refractivity contribution in [3.8, 4) is 0 Å². The molecule has 0 aromatic heterocycles. The average Bonchev–Trinajstić information content (AvgIpc) is 2.29. The van der Waals surface area contributed by atoms with Crippen molar-refractivity contribution in [3.05, 3.63) is 0 Å². The van der Waals surface area contributed by atoms with Crippen molar-refractivity contribution in [3.63, 3.8) is 0 Å². The molecule has 1 rings (SSSR count). The fraction of sp³-hybridized carbons (Fsp3) is 0.917. The van der Waals surface area contributed by atoms with Crippen LogP contribution in [-0.2, 0) is 4.79 Å². The summed E-state index contributed by atoms with van der Waals surface area (Å²) in [6, 6.07) is 0. The summed E-state index contributed by atoms with van der Waals surface area (Å²) in [5.41, 5.74) is 0. The lowest BCUT2D eigenvalue weighted by Gasteiger charge is -2.30. The van der Waals surface area contributed by atoms with Crippen molar-refractivity contribution in [1.82, 2.24) is 5.32 Å². The maximum Gasteiger partial charge on any atom is 0.303 e. The number of aliphatic hydroxyl groups is 1. The standard InChI is InChI=1S/C12H23NO3/c14-9-11-5-2-1-4-10(11)8-13-7-3-6-12(15)16/h10-11,13-14H,1-9H2,(H,15,16). The molecule has 2 atom stereocenters. The third-order valence-electron chi connectivity index (χ3n) is 3.45. The van der Waals surface area contributed by atoms with E-state index in [4.69, 9.17) is 5.11 Å². The second-order valence-electron chi connectivity index (χ2n) is 4.69. The normalized spacial score (nSPS) is 25.6. The summed E-state index contributed by atoms with van der Waals surface area (Å²) in [5, 5.41) is 21.0. The minimum atomic E-state index is -0.729. The van der Waals surface area contributed by atoms with Crippen LogP contribution in [0.4, 0.5) is 0 Å². The van der Waals surface area contributed by atoms with Crippen LogP contribution < -0.4 is 5.32 Å². The maximum absolute atomic E-state index is 10.3. The number of hydrogen-bond acceptors (Lipinski definition) is 3. The van der Waals surface area contributed by atoms with Crippen molar-refractivity contribution in [1.29, 1.82) is 0 Å². The van der Waals surface area contributed by atoms with Crippen LogP contribution in [0.3, 0.4) is 0 Å². The van der Waals surface area contributed by atoms with Crippen molar-refractivity contribution >= 4 is 5.97 Å². The van der Waals surface area contributed by atoms with Crippen LogP contribution in [0.2, 0.25) is 0 Å². The molecule has 0 spiro atoms. The van der Waals surface area contributed by atoms with E-state index in [1.165, 1.54) is 19.3 Å². The Labute approximate surface area is 97.0 Å². The molecule has 16 heavy (non-hydrogen) atoms. The lowest BCUT2D eigenvalue weighted by atomic mass is 9.79. The third-order valence-corrected chi connectivity index (χ3v) is 3.45. The number of carbonyl (C=O) groups is 1. The lowest BCUT2D eigenvalue weighted by Crippen LogP contribution is -2.32. The summed E-state index contributed by atoms with van der Waals surface area (Å²) in [5.74, 6) is 0.289. The minimum Gasteiger partial charge on any atom is -0.481 e. The van der Waals surface area contributed by atoms with Gasteiger partial charge in [0.15, 0.2) is 0 Å². The molecule has 0 heterocycles. The largest absolute Gasteiger partial charge is 0.481 e. The van der Waals surface area contributed by atoms with Crippen LogP contribution in [0.15, 0.2) is 0 Å². The number of aliphatic hydroxyl groups excluding tert-OH is 1. The quantitative estimate of drug-likeness (QED) is 0.574. The van der Waals surface area contributed by atoms with E-state index in [1.807, 2.05) is 0 Å². The van der Waals surface area contributed by atoms with Crippen LogP contribution in [0.1, 0.15) is 38.5 Å². The summed E-state index contributed by atoms with van der Waals surface area (Å²) >= 11 is 0. The number of carboxylic acids is 1. The zero-order chi connectivity index (χ0) is 11.8. The molecule has 94 valence electrons. The van der Waals surface area contributed by atoms with E-state index in [0.717, 1.165) is 19.5 Å². The van der Waals surface area contributed by atoms with Gasteiger partial charge in [0.25, 0.3) is 0 Å². The summed E-state index contributed by atoms with van der Waals surface area (Å²) < 4.78 is 0. The van der Waals surface area contributed by atoms with Gasteiger partial charge in [-0.05, 0) is 44.2 Å². The van der Waals surface area contributed by atoms with Crippen LogP contribution in [0.25, 0.3) is 0 Å². The molecule has 3 N–H and O–H groups in total. The Morgan fingerprint density at radius 1 is 1.25 bits per heavy atom. The fourth-order valence-electron chi connectivity index (χ4n) is 2.45. The molecule has 0 amide bonds. The Morgan fingerprint density at radius 2 is 1.94 bits per heavy atom. The summed E-state index contributed by atoms with van der Waals surface area (Å²) in [6.45, 7) is 1.98. The fourth-order valence-corrected chi connectivity index (χ4v) is 2.45. The van der Waals surface area contributed by atoms with Gasteiger partial charge in [-0.1, -0.05) is 12.8 Å². The minimum absolute atomic E-state index is 0.237. The molecule has 4 nitrogen and oxygen atoms in total. The van der Waals surface area contributed by atoms with Gasteiger partial charge in [0, 0.05) is 13.0 Å². The smallest absolute Gasteiger partial charge is 0.303 e. The molecule has 0 aliphatic heterocycles. The van der Waals surface area contributed by atoms with Crippen molar-refractivity contribution in [2.75, 3.05) is 19.7 Å². The van der Waals surface area contributed by atoms with E-state index in [1.54, 1.807) is 0 Å². The number of nitrogens with one attached hydrogen (secondary N) is 1. The zero-order valence-electron chi connectivity index (χ0n) is 9.82. The molecule has 0 saturated heterocycles. The topological polar surface area (TPSA) is 69.6 Å². The van der Waals surface area contributed by atoms with E-state index in [2.05, 4.69) is 5.32 Å². The predicted molar refractivity (Wildman–Crippen MR) is 62.3 cm³/mol. The first-order valence-corrected chi connectivity index (χ1v) is 6.27. The van der Waals surface area contributed by atoms with Gasteiger partial charge in [0.2, 0.25) is 0 Å². The van der Waals surface area contributed by atoms with Crippen molar-refractivity contribution in [2.24, 2.45) is 11.8 Å². The molecule has 1 fully saturated rings. The Morgan fingerprint density at radius 3 is 2.56 bits per heavy atom. The summed E-state index contributed by atoms with van der Waals surface area (Å²) in [7, 11) is 0. The van der Waals surface area contributed by atoms with Crippen LogP contribution in [0.5, 0.6) is 0 Å². The maximum atomic E-state index is 10.3. The van der Waals surface area contributed by atoms with E-state index in [9.17, 15) is 9.90 Å². The highest BCUT2D eigenvalue weighted by Gasteiger charge is 2.23. The van der Waals surface area contributed by atoms with E-state index in [-0.39, 0.29) is 6.42 Å². The first-order valence-electron chi connectivity index (χ1n) is 6.27. The molecule has 1 aliphatic rings. The first kappa shape index (κ1) is 13.5. The monoisotopic (exact) mass is 229 g/mol. The number of rotatable bonds is 7. The van der Waals surface area contributed by atoms with Crippen LogP contribution in [-0.4, -0.2) is 35.9 Å². The highest BCUT2D eigenvalue weighted by Crippen LogP contribution is 2.28. The highest BCUT2D eigenvalue weighted by molar-refractivity contribution is 5.66. The Bertz CT molecular complexity index is 208. The number of aliphatic carboxylic acids is 1. The zero-order valence-corrected chi connectivity index (χ0v) is 9.82. The Hall–Kier alpha value is -0.610. The second-order valence-corrected chi connectivity index (χ2v) is 4.69. The molecule has 0 radical (unpaired) electrons. The SMILES string of the molecule is O=C(O)CCCNCC1CCCCC1CO. The predicted octanol–water partition coefficient (Wildman–Crippen LogP) is 1.24. The van der Waals surface area contributed by atoms with Gasteiger partial charge >= 0.3 is 5.97 Å². The highest BCUT2D eigenvalue weighted by atomic mass is 16.4. The molecule has 0 bridgehead atoms. The average molecular weight is 229 g/mol. The van der Waals surface area contributed by atoms with Crippen LogP contribution >= 0.6 is 0 Å². The van der Waals surface area contributed by atoms with Crippen molar-refractivity contribution < 1.29 is 15.0 Å². The summed E-state index contributed by atoms with van der Waals surface area (Å²) in [4.78, 5) is 10.3. The van der Waals surface area contributed by atoms with Gasteiger partial charge in [-0.3, -0.25) is 4.79 Å². The molecule has 4 heteroatoms. The Balaban J connectivity index is 2.08. The molecule has 1 saturated carbocycles. The van der Waals surface area contributed by atoms with Gasteiger partial charge in [-0.25, -0.2) is 0 Å². The van der Waals surface area contributed by atoms with Crippen LogP contribution in [0, 0.1) is 11.8 Å². The second kappa shape index (κ2) is 7.63. The number of hydrogen-bond donors (Lipinski definition) is 3. The molecular weight excluding hydrogens is 206 g/mol. The number of carboxylic acid groups (broad SMARTS) is 1. The summed E-state index contributed by atoms with van der Waals surface area (Å²) in [6.07, 6.45) is 5.75. The first-order chi connectivity index (χ1) is 7.74. The van der Waals surface area contributed by atoms with E-state index >= 15 is 0 Å². The third kappa shape index (κ3) is 4.94. The van der Waals surface area contributed by atoms with E-state index < -0.39 is 5.97 Å². The van der Waals surface area contributed by atoms with E-state index in [0.29, 0.717) is 24.9 Å². The van der Waals surface area contributed by atoms with Gasteiger partial charge < -0.3 is 15.5 Å². The lowest BCUT2D eigenvalue weighted by molar-refractivity contribution is -0.137. The molecular formula is C12H23NO3. The molecule has 1 aliphatic carbocycles. The van der Waals surface area contributed by atoms with Gasteiger partial charge in [-0.15, -0.1) is 0 Å². The molecule has 2 unspecified atom stereocenters. The van der Waals surface area contributed by atoms with Gasteiger partial charge in [0.05, 0.1) is 0 Å². The van der Waals surface area contributed by atoms with Crippen molar-refractivity contribution in [2.45, 2.75) is 38.5 Å². The Kier molecular flexibility index (Phi) is 6.42. The molecule has 0 aromatic carbocycles. The van der Waals surface area contributed by atoms with Gasteiger partial charge in [-0.2, -0.15) is 0 Å².